The fourth-order valence-electron chi connectivity index (χ4n) is 3.23. The molecular weight excluding hydrogens is 283 g/mol. The molecule has 0 N–H and O–H groups in total. The quantitative estimate of drug-likeness (QED) is 0.842. The van der Waals surface area contributed by atoms with Gasteiger partial charge in [0.2, 0.25) is 11.8 Å². The van der Waals surface area contributed by atoms with Crippen LogP contribution in [0.15, 0.2) is 24.3 Å². The zero-order valence-electron chi connectivity index (χ0n) is 12.8. The molecule has 1 aromatic rings. The molecular formula is C17H21FN2O2. The number of carbonyl (C=O) groups excluding carboxylic acids is 2. The number of benzene rings is 1. The normalized spacial score (nSPS) is 23.2. The summed E-state index contributed by atoms with van der Waals surface area (Å²) in [5.41, 5.74) is 0.661. The summed E-state index contributed by atoms with van der Waals surface area (Å²) in [7, 11) is 0. The Morgan fingerprint density at radius 3 is 2.45 bits per heavy atom. The van der Waals surface area contributed by atoms with Crippen molar-refractivity contribution in [2.45, 2.75) is 26.2 Å². The first-order valence-electron chi connectivity index (χ1n) is 7.89. The maximum atomic E-state index is 13.0. The smallest absolute Gasteiger partial charge is 0.228 e. The number of nitrogens with zero attached hydrogens (tertiary/aromatic N) is 2. The van der Waals surface area contributed by atoms with E-state index in [4.69, 9.17) is 0 Å². The molecule has 0 aromatic heterocycles. The summed E-state index contributed by atoms with van der Waals surface area (Å²) < 4.78 is 13.0. The van der Waals surface area contributed by atoms with E-state index in [9.17, 15) is 14.0 Å². The van der Waals surface area contributed by atoms with Crippen LogP contribution in [0.5, 0.6) is 0 Å². The molecule has 1 atom stereocenters. The van der Waals surface area contributed by atoms with Crippen LogP contribution in [0.1, 0.15) is 26.2 Å². The van der Waals surface area contributed by atoms with E-state index in [1.165, 1.54) is 12.1 Å². The van der Waals surface area contributed by atoms with Crippen molar-refractivity contribution in [2.75, 3.05) is 24.5 Å². The Balaban J connectivity index is 1.66. The van der Waals surface area contributed by atoms with Gasteiger partial charge in [-0.1, -0.05) is 6.92 Å². The lowest BCUT2D eigenvalue weighted by Gasteiger charge is -2.32. The molecule has 0 bridgehead atoms. The molecule has 1 aromatic carbocycles. The van der Waals surface area contributed by atoms with Gasteiger partial charge in [-0.2, -0.15) is 0 Å². The largest absolute Gasteiger partial charge is 0.342 e. The van der Waals surface area contributed by atoms with Crippen LogP contribution in [0.4, 0.5) is 10.1 Å². The van der Waals surface area contributed by atoms with Gasteiger partial charge in [0.15, 0.2) is 0 Å². The summed E-state index contributed by atoms with van der Waals surface area (Å²) in [6, 6.07) is 5.85. The average Bonchev–Trinajstić information content (AvgIpc) is 2.90. The van der Waals surface area contributed by atoms with E-state index in [2.05, 4.69) is 6.92 Å². The van der Waals surface area contributed by atoms with Crippen molar-refractivity contribution >= 4 is 17.5 Å². The molecule has 0 aliphatic carbocycles. The topological polar surface area (TPSA) is 40.6 Å². The van der Waals surface area contributed by atoms with E-state index in [0.717, 1.165) is 25.9 Å². The van der Waals surface area contributed by atoms with Gasteiger partial charge in [0.05, 0.1) is 5.92 Å². The van der Waals surface area contributed by atoms with Crippen molar-refractivity contribution in [3.8, 4) is 0 Å². The van der Waals surface area contributed by atoms with Crippen LogP contribution in [0.2, 0.25) is 0 Å². The summed E-state index contributed by atoms with van der Waals surface area (Å²) in [6.07, 6.45) is 2.32. The van der Waals surface area contributed by atoms with Crippen molar-refractivity contribution in [3.05, 3.63) is 30.1 Å². The number of piperidine rings is 1. The second-order valence-electron chi connectivity index (χ2n) is 6.39. The molecule has 2 aliphatic heterocycles. The second-order valence-corrected chi connectivity index (χ2v) is 6.39. The predicted molar refractivity (Wildman–Crippen MR) is 81.8 cm³/mol. The molecule has 118 valence electrons. The third-order valence-corrected chi connectivity index (χ3v) is 4.71. The van der Waals surface area contributed by atoms with Gasteiger partial charge in [-0.25, -0.2) is 4.39 Å². The van der Waals surface area contributed by atoms with Gasteiger partial charge in [-0.05, 0) is 43.0 Å². The minimum Gasteiger partial charge on any atom is -0.342 e. The maximum absolute atomic E-state index is 13.0. The molecule has 2 fully saturated rings. The Morgan fingerprint density at radius 2 is 1.82 bits per heavy atom. The SMILES string of the molecule is CC1CCN(C(=O)[C@H]2CC(=O)N(c3ccc(F)cc3)C2)CC1. The minimum absolute atomic E-state index is 0.0599. The highest BCUT2D eigenvalue weighted by atomic mass is 19.1. The van der Waals surface area contributed by atoms with Crippen LogP contribution >= 0.6 is 0 Å². The minimum atomic E-state index is -0.328. The van der Waals surface area contributed by atoms with Crippen molar-refractivity contribution in [3.63, 3.8) is 0 Å². The Labute approximate surface area is 129 Å². The molecule has 4 nitrogen and oxygen atoms in total. The van der Waals surface area contributed by atoms with Crippen LogP contribution in [-0.2, 0) is 9.59 Å². The van der Waals surface area contributed by atoms with Gasteiger partial charge in [0.25, 0.3) is 0 Å². The van der Waals surface area contributed by atoms with Gasteiger partial charge in [-0.15, -0.1) is 0 Å². The molecule has 0 saturated carbocycles. The summed E-state index contributed by atoms with van der Waals surface area (Å²) in [5.74, 6) is 0.0987. The molecule has 2 aliphatic rings. The summed E-state index contributed by atoms with van der Waals surface area (Å²) in [4.78, 5) is 28.2. The second kappa shape index (κ2) is 6.07. The highest BCUT2D eigenvalue weighted by Gasteiger charge is 2.37. The lowest BCUT2D eigenvalue weighted by Crippen LogP contribution is -2.42. The van der Waals surface area contributed by atoms with Crippen LogP contribution in [0.25, 0.3) is 0 Å². The van der Waals surface area contributed by atoms with Gasteiger partial charge in [-0.3, -0.25) is 9.59 Å². The number of anilines is 1. The monoisotopic (exact) mass is 304 g/mol. The summed E-state index contributed by atoms with van der Waals surface area (Å²) in [5, 5.41) is 0. The Kier molecular flexibility index (Phi) is 4.14. The van der Waals surface area contributed by atoms with E-state index in [1.54, 1.807) is 17.0 Å². The fraction of sp³-hybridized carbons (Fsp3) is 0.529. The zero-order valence-corrected chi connectivity index (χ0v) is 12.8. The Hall–Kier alpha value is -1.91. The van der Waals surface area contributed by atoms with Crippen LogP contribution in [-0.4, -0.2) is 36.3 Å². The van der Waals surface area contributed by atoms with Crippen LogP contribution in [0, 0.1) is 17.7 Å². The van der Waals surface area contributed by atoms with Gasteiger partial charge < -0.3 is 9.80 Å². The summed E-state index contributed by atoms with van der Waals surface area (Å²) in [6.45, 7) is 4.19. The third-order valence-electron chi connectivity index (χ3n) is 4.71. The zero-order chi connectivity index (χ0) is 15.7. The van der Waals surface area contributed by atoms with Gasteiger partial charge in [0.1, 0.15) is 5.82 Å². The van der Waals surface area contributed by atoms with E-state index < -0.39 is 0 Å². The number of hydrogen-bond donors (Lipinski definition) is 0. The number of amides is 2. The Bertz CT molecular complexity index is 565. The number of rotatable bonds is 2. The molecule has 22 heavy (non-hydrogen) atoms. The number of likely N-dealkylation sites (tertiary alicyclic amines) is 1. The molecule has 0 spiro atoms. The number of hydrogen-bond acceptors (Lipinski definition) is 2. The molecule has 3 rings (SSSR count). The van der Waals surface area contributed by atoms with Crippen LogP contribution < -0.4 is 4.90 Å². The maximum Gasteiger partial charge on any atom is 0.228 e. The number of carbonyl (C=O) groups is 2. The molecule has 2 amide bonds. The molecule has 2 saturated heterocycles. The molecule has 5 heteroatoms. The van der Waals surface area contributed by atoms with E-state index >= 15 is 0 Å². The molecule has 0 radical (unpaired) electrons. The van der Waals surface area contributed by atoms with E-state index in [0.29, 0.717) is 18.2 Å². The highest BCUT2D eigenvalue weighted by Crippen LogP contribution is 2.27. The van der Waals surface area contributed by atoms with Crippen molar-refractivity contribution < 1.29 is 14.0 Å². The highest BCUT2D eigenvalue weighted by molar-refractivity contribution is 6.00. The van der Waals surface area contributed by atoms with E-state index in [-0.39, 0.29) is 30.0 Å². The molecule has 0 unspecified atom stereocenters. The van der Waals surface area contributed by atoms with Crippen molar-refractivity contribution in [1.82, 2.24) is 4.90 Å². The van der Waals surface area contributed by atoms with Gasteiger partial charge >= 0.3 is 0 Å². The van der Waals surface area contributed by atoms with Crippen molar-refractivity contribution in [2.24, 2.45) is 11.8 Å². The standard InChI is InChI=1S/C17H21FN2O2/c1-12-6-8-19(9-7-12)17(22)13-10-16(21)20(11-13)15-4-2-14(18)3-5-15/h2-5,12-13H,6-11H2,1H3/t13-/m0/s1. The van der Waals surface area contributed by atoms with Crippen molar-refractivity contribution in [1.29, 1.82) is 0 Å². The van der Waals surface area contributed by atoms with Gasteiger partial charge in [0, 0.05) is 31.7 Å². The fourth-order valence-corrected chi connectivity index (χ4v) is 3.23. The lowest BCUT2D eigenvalue weighted by atomic mass is 9.97. The van der Waals surface area contributed by atoms with Crippen LogP contribution in [0.3, 0.4) is 0 Å². The van der Waals surface area contributed by atoms with E-state index in [1.807, 2.05) is 4.90 Å². The summed E-state index contributed by atoms with van der Waals surface area (Å²) >= 11 is 0. The predicted octanol–water partition coefficient (Wildman–Crippen LogP) is 2.44. The number of halogens is 1. The first-order valence-corrected chi connectivity index (χ1v) is 7.89. The first kappa shape index (κ1) is 15.0. The average molecular weight is 304 g/mol. The first-order chi connectivity index (χ1) is 10.5. The Morgan fingerprint density at radius 1 is 1.18 bits per heavy atom. The third kappa shape index (κ3) is 2.98. The lowest BCUT2D eigenvalue weighted by molar-refractivity contribution is -0.137. The molecule has 2 heterocycles.